The molecule has 3 N–H and O–H groups in total. The third-order valence-electron chi connectivity index (χ3n) is 2.37. The van der Waals surface area contributed by atoms with Gasteiger partial charge in [0.2, 0.25) is 0 Å². The van der Waals surface area contributed by atoms with Crippen LogP contribution in [0.2, 0.25) is 0 Å². The lowest BCUT2D eigenvalue weighted by molar-refractivity contribution is 0.454. The summed E-state index contributed by atoms with van der Waals surface area (Å²) >= 11 is 0. The zero-order valence-electron chi connectivity index (χ0n) is 8.81. The summed E-state index contributed by atoms with van der Waals surface area (Å²) < 4.78 is 0. The van der Waals surface area contributed by atoms with Crippen molar-refractivity contribution in [1.82, 2.24) is 0 Å². The number of aryl methyl sites for hydroxylation is 1. The first-order valence-corrected chi connectivity index (χ1v) is 4.90. The summed E-state index contributed by atoms with van der Waals surface area (Å²) in [5.41, 5.74) is 1.78. The average molecular weight is 216 g/mol. The van der Waals surface area contributed by atoms with Gasteiger partial charge < -0.3 is 15.3 Å². The largest absolute Gasteiger partial charge is 0.508 e. The monoisotopic (exact) mass is 216 g/mol. The van der Waals surface area contributed by atoms with Crippen molar-refractivity contribution in [2.45, 2.75) is 6.92 Å². The molecule has 2 aromatic rings. The van der Waals surface area contributed by atoms with E-state index in [1.165, 1.54) is 18.2 Å². The van der Waals surface area contributed by atoms with Crippen molar-refractivity contribution in [3.8, 4) is 28.4 Å². The maximum absolute atomic E-state index is 9.68. The highest BCUT2D eigenvalue weighted by molar-refractivity contribution is 5.77. The molecule has 0 heterocycles. The summed E-state index contributed by atoms with van der Waals surface area (Å²) in [6.07, 6.45) is 0. The predicted molar refractivity (Wildman–Crippen MR) is 61.6 cm³/mol. The van der Waals surface area contributed by atoms with Crippen LogP contribution < -0.4 is 0 Å². The molecule has 3 heteroatoms. The van der Waals surface area contributed by atoms with Crippen LogP contribution in [0.3, 0.4) is 0 Å². The lowest BCUT2D eigenvalue weighted by Crippen LogP contribution is -1.82. The first-order chi connectivity index (χ1) is 7.58. The SMILES string of the molecule is Cc1cc(O)cc(-c2c(O)cccc2O)c1. The smallest absolute Gasteiger partial charge is 0.127 e. The fourth-order valence-electron chi connectivity index (χ4n) is 1.73. The zero-order valence-corrected chi connectivity index (χ0v) is 8.81. The van der Waals surface area contributed by atoms with Crippen molar-refractivity contribution >= 4 is 0 Å². The van der Waals surface area contributed by atoms with Gasteiger partial charge >= 0.3 is 0 Å². The van der Waals surface area contributed by atoms with Crippen LogP contribution >= 0.6 is 0 Å². The quantitative estimate of drug-likeness (QED) is 0.686. The van der Waals surface area contributed by atoms with Gasteiger partial charge in [0.25, 0.3) is 0 Å². The van der Waals surface area contributed by atoms with E-state index in [2.05, 4.69) is 0 Å². The number of aromatic hydroxyl groups is 3. The predicted octanol–water partition coefficient (Wildman–Crippen LogP) is 2.78. The molecule has 0 saturated carbocycles. The zero-order chi connectivity index (χ0) is 11.7. The Bertz CT molecular complexity index is 492. The molecule has 0 spiro atoms. The van der Waals surface area contributed by atoms with Crippen molar-refractivity contribution in [2.75, 3.05) is 0 Å². The van der Waals surface area contributed by atoms with Crippen molar-refractivity contribution in [3.05, 3.63) is 42.0 Å². The molecule has 0 unspecified atom stereocenters. The first-order valence-electron chi connectivity index (χ1n) is 4.90. The van der Waals surface area contributed by atoms with Gasteiger partial charge in [0.05, 0.1) is 5.56 Å². The van der Waals surface area contributed by atoms with Gasteiger partial charge in [-0.25, -0.2) is 0 Å². The molecule has 0 aliphatic rings. The Morgan fingerprint density at radius 3 is 2.06 bits per heavy atom. The van der Waals surface area contributed by atoms with Crippen molar-refractivity contribution < 1.29 is 15.3 Å². The summed E-state index contributed by atoms with van der Waals surface area (Å²) in [6, 6.07) is 9.45. The Hall–Kier alpha value is -2.16. The number of benzene rings is 2. The van der Waals surface area contributed by atoms with Crippen molar-refractivity contribution in [2.24, 2.45) is 0 Å². The summed E-state index contributed by atoms with van der Waals surface area (Å²) in [4.78, 5) is 0. The highest BCUT2D eigenvalue weighted by Crippen LogP contribution is 2.38. The van der Waals surface area contributed by atoms with E-state index in [1.54, 1.807) is 18.2 Å². The molecule has 0 aromatic heterocycles. The molecule has 2 rings (SSSR count). The summed E-state index contributed by atoms with van der Waals surface area (Å²) in [6.45, 7) is 1.83. The van der Waals surface area contributed by atoms with Crippen LogP contribution in [-0.4, -0.2) is 15.3 Å². The minimum atomic E-state index is -0.00926. The van der Waals surface area contributed by atoms with E-state index in [0.29, 0.717) is 11.1 Å². The molecule has 0 amide bonds. The molecule has 82 valence electrons. The Balaban J connectivity index is 2.67. The number of phenolic OH excluding ortho intramolecular Hbond substituents is 3. The Labute approximate surface area is 93.2 Å². The molecular formula is C13H12O3. The van der Waals surface area contributed by atoms with Gasteiger partial charge in [0.1, 0.15) is 17.2 Å². The third kappa shape index (κ3) is 1.80. The fourth-order valence-corrected chi connectivity index (χ4v) is 1.73. The molecule has 0 saturated heterocycles. The highest BCUT2D eigenvalue weighted by Gasteiger charge is 2.10. The van der Waals surface area contributed by atoms with Gasteiger partial charge in [0.15, 0.2) is 0 Å². The summed E-state index contributed by atoms with van der Waals surface area (Å²) in [5, 5.41) is 28.8. The van der Waals surface area contributed by atoms with Crippen LogP contribution in [0.15, 0.2) is 36.4 Å². The van der Waals surface area contributed by atoms with Crippen LogP contribution in [0.5, 0.6) is 17.2 Å². The minimum absolute atomic E-state index is 0.00926. The Morgan fingerprint density at radius 1 is 0.875 bits per heavy atom. The maximum atomic E-state index is 9.68. The molecule has 0 radical (unpaired) electrons. The van der Waals surface area contributed by atoms with E-state index in [9.17, 15) is 15.3 Å². The first kappa shape index (κ1) is 10.4. The van der Waals surface area contributed by atoms with Gasteiger partial charge in [-0.2, -0.15) is 0 Å². The maximum Gasteiger partial charge on any atom is 0.127 e. The highest BCUT2D eigenvalue weighted by atomic mass is 16.3. The summed E-state index contributed by atoms with van der Waals surface area (Å²) in [5.74, 6) is 0.0904. The normalized spacial score (nSPS) is 10.3. The van der Waals surface area contributed by atoms with Crippen LogP contribution in [0, 0.1) is 6.92 Å². The van der Waals surface area contributed by atoms with Crippen LogP contribution in [0.25, 0.3) is 11.1 Å². The average Bonchev–Trinajstić information content (AvgIpc) is 2.15. The molecule has 0 atom stereocenters. The molecule has 3 nitrogen and oxygen atoms in total. The van der Waals surface area contributed by atoms with E-state index in [1.807, 2.05) is 6.92 Å². The number of hydrogen-bond donors (Lipinski definition) is 3. The van der Waals surface area contributed by atoms with E-state index < -0.39 is 0 Å². The van der Waals surface area contributed by atoms with Gasteiger partial charge in [-0.05, 0) is 42.3 Å². The van der Waals surface area contributed by atoms with E-state index >= 15 is 0 Å². The Kier molecular flexibility index (Phi) is 2.44. The Morgan fingerprint density at radius 2 is 1.50 bits per heavy atom. The van der Waals surface area contributed by atoms with Gasteiger partial charge in [-0.1, -0.05) is 12.1 Å². The topological polar surface area (TPSA) is 60.7 Å². The van der Waals surface area contributed by atoms with Crippen LogP contribution in [0.4, 0.5) is 0 Å². The van der Waals surface area contributed by atoms with E-state index in [0.717, 1.165) is 5.56 Å². The molecule has 0 aliphatic heterocycles. The molecule has 0 bridgehead atoms. The van der Waals surface area contributed by atoms with Crippen LogP contribution in [-0.2, 0) is 0 Å². The molecule has 0 fully saturated rings. The lowest BCUT2D eigenvalue weighted by Gasteiger charge is -2.08. The molecule has 16 heavy (non-hydrogen) atoms. The van der Waals surface area contributed by atoms with Gasteiger partial charge in [0, 0.05) is 0 Å². The van der Waals surface area contributed by atoms with Gasteiger partial charge in [-0.3, -0.25) is 0 Å². The molecule has 0 aliphatic carbocycles. The lowest BCUT2D eigenvalue weighted by atomic mass is 10.0. The number of rotatable bonds is 1. The number of hydrogen-bond acceptors (Lipinski definition) is 3. The van der Waals surface area contributed by atoms with Crippen molar-refractivity contribution in [1.29, 1.82) is 0 Å². The van der Waals surface area contributed by atoms with E-state index in [4.69, 9.17) is 0 Å². The third-order valence-corrected chi connectivity index (χ3v) is 2.37. The fraction of sp³-hybridized carbons (Fsp3) is 0.0769. The summed E-state index contributed by atoms with van der Waals surface area (Å²) in [7, 11) is 0. The minimum Gasteiger partial charge on any atom is -0.508 e. The second kappa shape index (κ2) is 3.77. The second-order valence-electron chi connectivity index (χ2n) is 3.73. The number of phenols is 3. The van der Waals surface area contributed by atoms with E-state index in [-0.39, 0.29) is 17.2 Å². The van der Waals surface area contributed by atoms with Crippen molar-refractivity contribution in [3.63, 3.8) is 0 Å². The second-order valence-corrected chi connectivity index (χ2v) is 3.73. The van der Waals surface area contributed by atoms with Gasteiger partial charge in [-0.15, -0.1) is 0 Å². The molecular weight excluding hydrogens is 204 g/mol. The molecule has 2 aromatic carbocycles. The van der Waals surface area contributed by atoms with Crippen LogP contribution in [0.1, 0.15) is 5.56 Å². The standard InChI is InChI=1S/C13H12O3/c1-8-5-9(7-10(14)6-8)13-11(15)3-2-4-12(13)16/h2-7,14-16H,1H3.